The summed E-state index contributed by atoms with van der Waals surface area (Å²) in [6, 6.07) is 9.02. The van der Waals surface area contributed by atoms with Crippen molar-refractivity contribution in [3.63, 3.8) is 0 Å². The maximum Gasteiger partial charge on any atom is 0.142 e. The van der Waals surface area contributed by atoms with E-state index in [1.807, 2.05) is 0 Å². The van der Waals surface area contributed by atoms with Gasteiger partial charge < -0.3 is 15.0 Å². The number of hydrogen-bond donors (Lipinski definition) is 1. The van der Waals surface area contributed by atoms with E-state index in [0.29, 0.717) is 6.04 Å². The lowest BCUT2D eigenvalue weighted by molar-refractivity contribution is 0.322. The van der Waals surface area contributed by atoms with Gasteiger partial charge in [0.05, 0.1) is 12.3 Å². The first kappa shape index (κ1) is 12.2. The van der Waals surface area contributed by atoms with Crippen LogP contribution in [-0.4, -0.2) is 43.8 Å². The molecular weight excluding hydrogens is 244 g/mol. The van der Waals surface area contributed by atoms with Crippen molar-refractivity contribution >= 4 is 17.4 Å². The van der Waals surface area contributed by atoms with Gasteiger partial charge >= 0.3 is 0 Å². The Hall–Kier alpha value is -0.870. The fraction of sp³-hybridized carbons (Fsp3) is 0.571. The topological polar surface area (TPSA) is 24.5 Å². The molecule has 1 aromatic carbocycles. The molecular formula is C14H20N2OS. The van der Waals surface area contributed by atoms with Crippen LogP contribution in [0.2, 0.25) is 0 Å². The van der Waals surface area contributed by atoms with Crippen molar-refractivity contribution in [2.75, 3.05) is 42.6 Å². The number of rotatable bonds is 2. The normalized spacial score (nSPS) is 24.0. The highest BCUT2D eigenvalue weighted by Gasteiger charge is 2.20. The Balaban J connectivity index is 1.74. The molecule has 4 heteroatoms. The maximum atomic E-state index is 5.80. The number of fused-ring (bicyclic) bond motifs is 1. The van der Waals surface area contributed by atoms with Crippen LogP contribution in [0.3, 0.4) is 0 Å². The summed E-state index contributed by atoms with van der Waals surface area (Å²) in [5, 5.41) is 3.61. The number of hydrogen-bond acceptors (Lipinski definition) is 4. The lowest BCUT2D eigenvalue weighted by Crippen LogP contribution is -2.46. The minimum Gasteiger partial charge on any atom is -0.491 e. The van der Waals surface area contributed by atoms with E-state index in [1.54, 1.807) is 0 Å². The summed E-state index contributed by atoms with van der Waals surface area (Å²) in [7, 11) is 0. The van der Waals surface area contributed by atoms with Gasteiger partial charge in [0.1, 0.15) is 5.75 Å². The molecule has 0 aliphatic carbocycles. The van der Waals surface area contributed by atoms with E-state index in [1.165, 1.54) is 17.2 Å². The second-order valence-corrected chi connectivity index (χ2v) is 5.99. The van der Waals surface area contributed by atoms with Gasteiger partial charge in [-0.05, 0) is 18.6 Å². The number of nitrogens with zero attached hydrogens (tertiary/aromatic N) is 1. The van der Waals surface area contributed by atoms with Crippen LogP contribution in [0.25, 0.3) is 0 Å². The van der Waals surface area contributed by atoms with Crippen LogP contribution in [0.15, 0.2) is 24.3 Å². The second-order valence-electron chi connectivity index (χ2n) is 4.84. The monoisotopic (exact) mass is 264 g/mol. The van der Waals surface area contributed by atoms with Crippen LogP contribution in [0.5, 0.6) is 5.75 Å². The molecule has 1 unspecified atom stereocenters. The second kappa shape index (κ2) is 5.85. The zero-order valence-electron chi connectivity index (χ0n) is 10.6. The van der Waals surface area contributed by atoms with Gasteiger partial charge in [0.25, 0.3) is 0 Å². The van der Waals surface area contributed by atoms with Gasteiger partial charge in [-0.1, -0.05) is 12.1 Å². The first-order chi connectivity index (χ1) is 8.93. The van der Waals surface area contributed by atoms with E-state index in [2.05, 4.69) is 46.2 Å². The number of benzene rings is 1. The minimum absolute atomic E-state index is 0.606. The summed E-state index contributed by atoms with van der Waals surface area (Å²) in [6.07, 6.45) is 1.11. The fourth-order valence-corrected chi connectivity index (χ4v) is 3.53. The van der Waals surface area contributed by atoms with Gasteiger partial charge in [0.2, 0.25) is 0 Å². The molecule has 2 heterocycles. The first-order valence-corrected chi connectivity index (χ1v) is 7.87. The van der Waals surface area contributed by atoms with Crippen LogP contribution in [-0.2, 0) is 0 Å². The molecule has 0 spiro atoms. The molecule has 1 aromatic rings. The maximum absolute atomic E-state index is 5.80. The Labute approximate surface area is 113 Å². The zero-order valence-corrected chi connectivity index (χ0v) is 11.4. The number of nitrogens with one attached hydrogen (secondary N) is 1. The molecule has 0 saturated carbocycles. The Morgan fingerprint density at radius 1 is 1.39 bits per heavy atom. The highest BCUT2D eigenvalue weighted by molar-refractivity contribution is 7.99. The van der Waals surface area contributed by atoms with E-state index in [4.69, 9.17) is 4.74 Å². The fourth-order valence-electron chi connectivity index (χ4n) is 2.59. The van der Waals surface area contributed by atoms with E-state index in [-0.39, 0.29) is 0 Å². The highest BCUT2D eigenvalue weighted by Crippen LogP contribution is 2.30. The summed E-state index contributed by atoms with van der Waals surface area (Å²) in [6.45, 7) is 4.16. The third kappa shape index (κ3) is 2.75. The summed E-state index contributed by atoms with van der Waals surface area (Å²) in [4.78, 5) is 2.48. The predicted octanol–water partition coefficient (Wildman–Crippen LogP) is 1.98. The lowest BCUT2D eigenvalue weighted by atomic mass is 10.2. The Bertz CT molecular complexity index is 393. The van der Waals surface area contributed by atoms with Gasteiger partial charge in [-0.25, -0.2) is 0 Å². The van der Waals surface area contributed by atoms with Crippen LogP contribution in [0.4, 0.5) is 5.69 Å². The van der Waals surface area contributed by atoms with Crippen LogP contribution >= 0.6 is 11.8 Å². The van der Waals surface area contributed by atoms with Gasteiger partial charge in [-0.15, -0.1) is 0 Å². The van der Waals surface area contributed by atoms with Crippen molar-refractivity contribution in [2.45, 2.75) is 12.5 Å². The van der Waals surface area contributed by atoms with Crippen molar-refractivity contribution in [3.8, 4) is 5.75 Å². The highest BCUT2D eigenvalue weighted by atomic mass is 32.2. The standard InChI is InChI=1S/C14H20N2OS/c1-2-5-14-13(4-1)16(7-3-8-17-14)10-12-11-18-9-6-15-12/h1-2,4-5,12,15H,3,6-11H2. The molecule has 0 bridgehead atoms. The summed E-state index contributed by atoms with van der Waals surface area (Å²) < 4.78 is 5.80. The van der Waals surface area contributed by atoms with E-state index >= 15 is 0 Å². The number of anilines is 1. The number of ether oxygens (including phenoxy) is 1. The minimum atomic E-state index is 0.606. The van der Waals surface area contributed by atoms with E-state index in [0.717, 1.165) is 38.4 Å². The molecule has 98 valence electrons. The van der Waals surface area contributed by atoms with Crippen LogP contribution in [0, 0.1) is 0 Å². The smallest absolute Gasteiger partial charge is 0.142 e. The first-order valence-electron chi connectivity index (χ1n) is 6.71. The van der Waals surface area contributed by atoms with Crippen LogP contribution in [0.1, 0.15) is 6.42 Å². The molecule has 0 radical (unpaired) electrons. The van der Waals surface area contributed by atoms with E-state index < -0.39 is 0 Å². The number of thioether (sulfide) groups is 1. The molecule has 0 amide bonds. The summed E-state index contributed by atoms with van der Waals surface area (Å²) in [5.74, 6) is 3.51. The summed E-state index contributed by atoms with van der Waals surface area (Å²) in [5.41, 5.74) is 1.26. The van der Waals surface area contributed by atoms with Crippen molar-refractivity contribution in [1.82, 2.24) is 5.32 Å². The largest absolute Gasteiger partial charge is 0.491 e. The van der Waals surface area contributed by atoms with Crippen LogP contribution < -0.4 is 15.0 Å². The Kier molecular flexibility index (Phi) is 3.96. The zero-order chi connectivity index (χ0) is 12.2. The molecule has 1 saturated heterocycles. The van der Waals surface area contributed by atoms with Gasteiger partial charge in [-0.3, -0.25) is 0 Å². The third-order valence-electron chi connectivity index (χ3n) is 3.48. The molecule has 3 rings (SSSR count). The molecule has 1 atom stereocenters. The van der Waals surface area contributed by atoms with Gasteiger partial charge in [0, 0.05) is 37.2 Å². The Morgan fingerprint density at radius 2 is 2.33 bits per heavy atom. The average molecular weight is 264 g/mol. The molecule has 1 fully saturated rings. The third-order valence-corrected chi connectivity index (χ3v) is 4.61. The Morgan fingerprint density at radius 3 is 3.22 bits per heavy atom. The van der Waals surface area contributed by atoms with E-state index in [9.17, 15) is 0 Å². The molecule has 3 nitrogen and oxygen atoms in total. The SMILES string of the molecule is c1ccc2c(c1)OCCCN2CC1CSCCN1. The molecule has 2 aliphatic rings. The quantitative estimate of drug-likeness (QED) is 0.883. The molecule has 0 aromatic heterocycles. The molecule has 18 heavy (non-hydrogen) atoms. The van der Waals surface area contributed by atoms with Gasteiger partial charge in [0.15, 0.2) is 0 Å². The molecule has 2 aliphatic heterocycles. The molecule has 1 N–H and O–H groups in total. The average Bonchev–Trinajstić information content (AvgIpc) is 2.63. The lowest BCUT2D eigenvalue weighted by Gasteiger charge is -2.31. The summed E-state index contributed by atoms with van der Waals surface area (Å²) >= 11 is 2.06. The van der Waals surface area contributed by atoms with Crippen molar-refractivity contribution in [2.24, 2.45) is 0 Å². The predicted molar refractivity (Wildman–Crippen MR) is 77.9 cm³/mol. The van der Waals surface area contributed by atoms with Crippen molar-refractivity contribution in [1.29, 1.82) is 0 Å². The number of para-hydroxylation sites is 2. The van der Waals surface area contributed by atoms with Crippen molar-refractivity contribution < 1.29 is 4.74 Å². The van der Waals surface area contributed by atoms with Crippen molar-refractivity contribution in [3.05, 3.63) is 24.3 Å². The van der Waals surface area contributed by atoms with Gasteiger partial charge in [-0.2, -0.15) is 11.8 Å².